The van der Waals surface area contributed by atoms with E-state index in [0.717, 1.165) is 16.2 Å². The van der Waals surface area contributed by atoms with Gasteiger partial charge < -0.3 is 20.6 Å². The summed E-state index contributed by atoms with van der Waals surface area (Å²) < 4.78 is 67.8. The number of likely N-dealkylation sites (tertiary alicyclic amines) is 1. The fraction of sp³-hybridized carbons (Fsp3) is 0.600. The third-order valence-electron chi connectivity index (χ3n) is 7.03. The summed E-state index contributed by atoms with van der Waals surface area (Å²) >= 11 is 0.875. The first kappa shape index (κ1) is 29.1. The molecular weight excluding hydrogens is 545 g/mol. The number of amides is 2. The van der Waals surface area contributed by atoms with Gasteiger partial charge in [0.15, 0.2) is 5.01 Å². The smallest absolute Gasteiger partial charge is 0.393 e. The van der Waals surface area contributed by atoms with Crippen molar-refractivity contribution in [3.8, 4) is 10.4 Å². The zero-order valence-corrected chi connectivity index (χ0v) is 22.4. The van der Waals surface area contributed by atoms with Crippen LogP contribution in [0.5, 0.6) is 0 Å². The molecule has 3 heterocycles. The molecule has 1 aliphatic carbocycles. The van der Waals surface area contributed by atoms with Gasteiger partial charge in [-0.05, 0) is 51.2 Å². The standard InChI is InChI=1S/C25H30F5N5O3S/c1-4-17(25(28,29)30)33-18-7-12(2)16(10-31-18)20-19(23(38)35-11-24(26,27)9-13(35)3)34-22(39-20)21(37)32-14-5-6-15(36)8-14/h7,10,13-15,17,36H,4-6,8-9,11H2,1-3H3,(H,31,33)(H,32,37)/t13-,14-,15-,17-/m0/s1. The second kappa shape index (κ2) is 11.0. The maximum Gasteiger partial charge on any atom is 0.408 e. The Morgan fingerprint density at radius 1 is 1.31 bits per heavy atom. The summed E-state index contributed by atoms with van der Waals surface area (Å²) in [7, 11) is 0. The van der Waals surface area contributed by atoms with Crippen LogP contribution in [-0.4, -0.2) is 74.7 Å². The van der Waals surface area contributed by atoms with Crippen LogP contribution in [0.15, 0.2) is 12.3 Å². The number of halogens is 5. The zero-order chi connectivity index (χ0) is 28.7. The molecule has 214 valence electrons. The predicted octanol–water partition coefficient (Wildman–Crippen LogP) is 4.78. The molecule has 1 saturated heterocycles. The molecule has 4 atom stereocenters. The Hall–Kier alpha value is -2.87. The number of thiazole rings is 1. The van der Waals surface area contributed by atoms with Crippen molar-refractivity contribution >= 4 is 29.0 Å². The van der Waals surface area contributed by atoms with Crippen molar-refractivity contribution in [3.63, 3.8) is 0 Å². The van der Waals surface area contributed by atoms with E-state index in [2.05, 4.69) is 20.6 Å². The number of aromatic nitrogens is 2. The van der Waals surface area contributed by atoms with E-state index in [1.807, 2.05) is 0 Å². The molecule has 14 heteroatoms. The molecule has 2 aromatic heterocycles. The summed E-state index contributed by atoms with van der Waals surface area (Å²) in [5.41, 5.74) is 0.594. The van der Waals surface area contributed by atoms with Gasteiger partial charge in [-0.1, -0.05) is 6.92 Å². The number of alkyl halides is 5. The second-order valence-electron chi connectivity index (χ2n) is 10.2. The molecule has 39 heavy (non-hydrogen) atoms. The van der Waals surface area contributed by atoms with Crippen LogP contribution in [0.25, 0.3) is 10.4 Å². The topological polar surface area (TPSA) is 107 Å². The van der Waals surface area contributed by atoms with Crippen LogP contribution in [0.1, 0.15) is 71.8 Å². The van der Waals surface area contributed by atoms with Gasteiger partial charge in [-0.2, -0.15) is 13.2 Å². The molecule has 2 aromatic rings. The Labute approximate surface area is 226 Å². The molecule has 2 fully saturated rings. The van der Waals surface area contributed by atoms with E-state index < -0.39 is 55.1 Å². The number of carbonyl (C=O) groups is 2. The van der Waals surface area contributed by atoms with E-state index in [0.29, 0.717) is 30.4 Å². The van der Waals surface area contributed by atoms with E-state index in [-0.39, 0.29) is 33.9 Å². The Bertz CT molecular complexity index is 1240. The van der Waals surface area contributed by atoms with Gasteiger partial charge in [0.05, 0.1) is 17.5 Å². The first-order valence-corrected chi connectivity index (χ1v) is 13.5. The lowest BCUT2D eigenvalue weighted by Crippen LogP contribution is -2.36. The summed E-state index contributed by atoms with van der Waals surface area (Å²) in [6.07, 6.45) is -2.95. The van der Waals surface area contributed by atoms with Crippen molar-refractivity contribution in [2.45, 2.75) is 89.2 Å². The third kappa shape index (κ3) is 6.48. The monoisotopic (exact) mass is 575 g/mol. The molecule has 0 bridgehead atoms. The highest BCUT2D eigenvalue weighted by Gasteiger charge is 2.46. The van der Waals surface area contributed by atoms with Gasteiger partial charge in [0.1, 0.15) is 17.6 Å². The lowest BCUT2D eigenvalue weighted by atomic mass is 10.1. The molecule has 2 amide bonds. The minimum atomic E-state index is -4.48. The molecule has 3 N–H and O–H groups in total. The molecule has 0 spiro atoms. The molecule has 8 nitrogen and oxygen atoms in total. The van der Waals surface area contributed by atoms with E-state index in [9.17, 15) is 36.6 Å². The second-order valence-corrected chi connectivity index (χ2v) is 11.2. The molecular formula is C25H30F5N5O3S. The van der Waals surface area contributed by atoms with E-state index in [1.54, 1.807) is 6.92 Å². The number of aliphatic hydroxyl groups is 1. The minimum absolute atomic E-state index is 0.0246. The Morgan fingerprint density at radius 3 is 2.56 bits per heavy atom. The Morgan fingerprint density at radius 2 is 2.03 bits per heavy atom. The average Bonchev–Trinajstić information content (AvgIpc) is 3.52. The number of pyridine rings is 1. The fourth-order valence-electron chi connectivity index (χ4n) is 4.97. The first-order chi connectivity index (χ1) is 18.2. The number of hydrogen-bond acceptors (Lipinski definition) is 7. The quantitative estimate of drug-likeness (QED) is 0.411. The van der Waals surface area contributed by atoms with Gasteiger partial charge in [-0.3, -0.25) is 9.59 Å². The number of aliphatic hydroxyl groups excluding tert-OH is 1. The summed E-state index contributed by atoms with van der Waals surface area (Å²) in [6.45, 7) is 3.71. The molecule has 0 aromatic carbocycles. The average molecular weight is 576 g/mol. The number of rotatable bonds is 7. The van der Waals surface area contributed by atoms with Crippen molar-refractivity contribution in [2.24, 2.45) is 0 Å². The van der Waals surface area contributed by atoms with Crippen LogP contribution >= 0.6 is 11.3 Å². The van der Waals surface area contributed by atoms with Crippen molar-refractivity contribution in [3.05, 3.63) is 28.5 Å². The number of nitrogens with one attached hydrogen (secondary N) is 2. The van der Waals surface area contributed by atoms with Gasteiger partial charge in [-0.25, -0.2) is 18.7 Å². The van der Waals surface area contributed by atoms with Crippen LogP contribution < -0.4 is 10.6 Å². The highest BCUT2D eigenvalue weighted by molar-refractivity contribution is 7.17. The van der Waals surface area contributed by atoms with Gasteiger partial charge in [0.2, 0.25) is 0 Å². The van der Waals surface area contributed by atoms with Gasteiger partial charge >= 0.3 is 6.18 Å². The Balaban J connectivity index is 1.68. The Kier molecular flexibility index (Phi) is 8.18. The molecule has 0 unspecified atom stereocenters. The van der Waals surface area contributed by atoms with Crippen LogP contribution in [0.4, 0.5) is 27.8 Å². The lowest BCUT2D eigenvalue weighted by molar-refractivity contribution is -0.142. The maximum absolute atomic E-state index is 14.1. The van der Waals surface area contributed by atoms with E-state index in [1.165, 1.54) is 26.1 Å². The van der Waals surface area contributed by atoms with Crippen LogP contribution in [0.3, 0.4) is 0 Å². The van der Waals surface area contributed by atoms with Gasteiger partial charge in [0, 0.05) is 30.3 Å². The van der Waals surface area contributed by atoms with Gasteiger partial charge in [0.25, 0.3) is 17.7 Å². The highest BCUT2D eigenvalue weighted by Crippen LogP contribution is 2.38. The van der Waals surface area contributed by atoms with E-state index in [4.69, 9.17) is 0 Å². The number of anilines is 1. The predicted molar refractivity (Wildman–Crippen MR) is 135 cm³/mol. The summed E-state index contributed by atoms with van der Waals surface area (Å²) in [4.78, 5) is 36.0. The summed E-state index contributed by atoms with van der Waals surface area (Å²) in [5, 5.41) is 14.8. The third-order valence-corrected chi connectivity index (χ3v) is 8.12. The van der Waals surface area contributed by atoms with Crippen molar-refractivity contribution < 1.29 is 36.6 Å². The summed E-state index contributed by atoms with van der Waals surface area (Å²) in [5.74, 6) is -4.43. The zero-order valence-electron chi connectivity index (χ0n) is 21.6. The van der Waals surface area contributed by atoms with Gasteiger partial charge in [-0.15, -0.1) is 11.3 Å². The number of nitrogens with zero attached hydrogens (tertiary/aromatic N) is 3. The number of hydrogen-bond donors (Lipinski definition) is 3. The van der Waals surface area contributed by atoms with Crippen LogP contribution in [-0.2, 0) is 0 Å². The van der Waals surface area contributed by atoms with Crippen molar-refractivity contribution in [2.75, 3.05) is 11.9 Å². The van der Waals surface area contributed by atoms with Crippen LogP contribution in [0, 0.1) is 6.92 Å². The largest absolute Gasteiger partial charge is 0.408 e. The highest BCUT2D eigenvalue weighted by atomic mass is 32.1. The molecule has 1 saturated carbocycles. The molecule has 1 aliphatic heterocycles. The van der Waals surface area contributed by atoms with E-state index >= 15 is 0 Å². The van der Waals surface area contributed by atoms with Crippen molar-refractivity contribution in [1.82, 2.24) is 20.2 Å². The number of carbonyl (C=O) groups excluding carboxylic acids is 2. The number of aryl methyl sites for hydroxylation is 1. The fourth-order valence-corrected chi connectivity index (χ4v) is 6.00. The lowest BCUT2D eigenvalue weighted by Gasteiger charge is -2.21. The molecule has 2 aliphatic rings. The summed E-state index contributed by atoms with van der Waals surface area (Å²) in [6, 6.07) is -1.45. The maximum atomic E-state index is 14.1. The first-order valence-electron chi connectivity index (χ1n) is 12.7. The SMILES string of the molecule is CC[C@H](Nc1cc(C)c(-c2sc(C(=O)N[C@H]3CC[C@H](O)C3)nc2C(=O)N2CC(F)(F)C[C@@H]2C)cn1)C(F)(F)F. The van der Waals surface area contributed by atoms with Crippen molar-refractivity contribution in [1.29, 1.82) is 0 Å². The van der Waals surface area contributed by atoms with Crippen LogP contribution in [0.2, 0.25) is 0 Å². The minimum Gasteiger partial charge on any atom is -0.393 e. The molecule has 4 rings (SSSR count). The normalized spacial score (nSPS) is 23.6. The molecule has 0 radical (unpaired) electrons.